The number of nitrogens with two attached hydrogens (primary N) is 3. The molecule has 0 radical (unpaired) electrons. The van der Waals surface area contributed by atoms with Crippen LogP contribution in [0.25, 0.3) is 21.8 Å². The Morgan fingerprint density at radius 2 is 1.26 bits per heavy atom. The van der Waals surface area contributed by atoms with E-state index in [0.29, 0.717) is 57.0 Å². The van der Waals surface area contributed by atoms with Crippen molar-refractivity contribution in [1.29, 1.82) is 0 Å². The number of rotatable bonds is 34. The Balaban J connectivity index is 1.06. The van der Waals surface area contributed by atoms with Crippen LogP contribution in [-0.2, 0) is 78.4 Å². The number of likely N-dealkylation sites (N-methyl/N-ethyl adjacent to an activating group) is 1. The van der Waals surface area contributed by atoms with Crippen LogP contribution in [0.1, 0.15) is 94.0 Å². The second kappa shape index (κ2) is 33.5. The van der Waals surface area contributed by atoms with E-state index in [2.05, 4.69) is 62.1 Å². The maximum atomic E-state index is 15.5. The number of carbonyl (C=O) groups is 11. The van der Waals surface area contributed by atoms with Gasteiger partial charge in [-0.05, 0) is 85.4 Å². The molecule has 0 bridgehead atoms. The monoisotopic (exact) mass is 1320 g/mol. The van der Waals surface area contributed by atoms with E-state index in [1.54, 1.807) is 42.7 Å². The van der Waals surface area contributed by atoms with E-state index in [0.717, 1.165) is 0 Å². The van der Waals surface area contributed by atoms with Crippen LogP contribution in [0.15, 0.2) is 103 Å². The van der Waals surface area contributed by atoms with Crippen molar-refractivity contribution < 1.29 is 63.0 Å². The van der Waals surface area contributed by atoms with Gasteiger partial charge in [0, 0.05) is 111 Å². The minimum Gasteiger partial charge on any atom is -0.508 e. The van der Waals surface area contributed by atoms with Gasteiger partial charge in [0.15, 0.2) is 11.7 Å². The number of para-hydroxylation sites is 2. The van der Waals surface area contributed by atoms with Gasteiger partial charge < -0.3 is 89.4 Å². The van der Waals surface area contributed by atoms with Crippen LogP contribution >= 0.6 is 0 Å². The Kier molecular flexibility index (Phi) is 24.8. The number of phenolic OH excluding ortho intramolecular Hbond substituents is 1. The molecular formula is C66H85N17O13. The molecule has 2 saturated heterocycles. The van der Waals surface area contributed by atoms with Gasteiger partial charge in [-0.2, -0.15) is 0 Å². The molecule has 0 aliphatic carbocycles. The maximum Gasteiger partial charge on any atom is 0.245 e. The highest BCUT2D eigenvalue weighted by Crippen LogP contribution is 2.25. The molecule has 0 spiro atoms. The Hall–Kier alpha value is -10.7. The summed E-state index contributed by atoms with van der Waals surface area (Å²) in [7, 11) is 1.39. The van der Waals surface area contributed by atoms with Crippen LogP contribution in [0.2, 0.25) is 0 Å². The fourth-order valence-corrected chi connectivity index (χ4v) is 12.0. The van der Waals surface area contributed by atoms with E-state index in [9.17, 15) is 53.4 Å². The molecule has 0 saturated carbocycles. The topological polar surface area (TPSA) is 470 Å². The quantitative estimate of drug-likeness (QED) is 0.0135. The first-order chi connectivity index (χ1) is 46.0. The number of aromatic hydroxyl groups is 1. The number of aliphatic imine (C=N–C) groups is 1. The van der Waals surface area contributed by atoms with Crippen LogP contribution in [0.4, 0.5) is 0 Å². The number of phenols is 1. The number of aromatic nitrogens is 4. The number of aliphatic hydroxyl groups excluding tert-OH is 1. The first-order valence-electron chi connectivity index (χ1n) is 32.0. The third-order valence-electron chi connectivity index (χ3n) is 17.1. The lowest BCUT2D eigenvalue weighted by Gasteiger charge is -2.34. The lowest BCUT2D eigenvalue weighted by Crippen LogP contribution is -2.61. The number of imidazole rings is 1. The number of nitrogens with one attached hydrogen (secondary N) is 10. The van der Waals surface area contributed by atoms with E-state index in [-0.39, 0.29) is 113 Å². The van der Waals surface area contributed by atoms with Crippen LogP contribution < -0.4 is 54.4 Å². The molecule has 10 amide bonds. The summed E-state index contributed by atoms with van der Waals surface area (Å²) < 4.78 is 0. The number of guanidine groups is 1. The number of amides is 10. The second-order valence-electron chi connectivity index (χ2n) is 24.7. The molecule has 30 heteroatoms. The number of H-pyrrole nitrogens is 3. The zero-order chi connectivity index (χ0) is 69.2. The molecule has 2 aliphatic rings. The van der Waals surface area contributed by atoms with Crippen molar-refractivity contribution in [3.05, 3.63) is 120 Å². The Bertz CT molecular complexity index is 3790. The number of aromatic amines is 3. The molecule has 6 aromatic rings. The number of carbonyl (C=O) groups excluding carboxylic acids is 11. The molecule has 512 valence electrons. The SMILES string of the molecule is CC(C)CC(C(=O)NC(CCCN=C(N)N)C(=O)N1CCCC1C(=O)CCC(N)=O)N(C)C(=O)C(Cc1c[nH]c2ccccc12)NC(=O)C(Cc1ccc(O)cc1)NC(=O)C(CO)NC(=O)C(Cc1c[nH]c2ccccc12)NC(=O)C(Cc1cnc[nH]1)NC(=O)C1CCC(=O)N1. The first kappa shape index (κ1) is 71.2. The van der Waals surface area contributed by atoms with Crippen molar-refractivity contribution >= 4 is 92.6 Å². The Labute approximate surface area is 552 Å². The van der Waals surface area contributed by atoms with E-state index in [1.807, 2.05) is 32.0 Å². The number of likely N-dealkylation sites (tertiary alicyclic amines) is 1. The Morgan fingerprint density at radius 1 is 0.688 bits per heavy atom. The number of hydrogen-bond donors (Lipinski definition) is 15. The van der Waals surface area contributed by atoms with Crippen molar-refractivity contribution in [2.75, 3.05) is 26.7 Å². The molecular weight excluding hydrogens is 1240 g/mol. The third-order valence-corrected chi connectivity index (χ3v) is 17.1. The minimum atomic E-state index is -1.80. The molecule has 9 unspecified atom stereocenters. The van der Waals surface area contributed by atoms with Gasteiger partial charge in [0.05, 0.1) is 19.0 Å². The predicted octanol–water partition coefficient (Wildman–Crippen LogP) is -0.720. The van der Waals surface area contributed by atoms with Crippen molar-refractivity contribution in [1.82, 2.24) is 67.0 Å². The largest absolute Gasteiger partial charge is 0.508 e. The average molecular weight is 1320 g/mol. The molecule has 8 rings (SSSR count). The predicted molar refractivity (Wildman–Crippen MR) is 352 cm³/mol. The second-order valence-corrected chi connectivity index (χ2v) is 24.7. The summed E-state index contributed by atoms with van der Waals surface area (Å²) in [5, 5.41) is 41.5. The van der Waals surface area contributed by atoms with Crippen LogP contribution in [-0.4, -0.2) is 192 Å². The lowest BCUT2D eigenvalue weighted by molar-refractivity contribution is -0.145. The van der Waals surface area contributed by atoms with Crippen molar-refractivity contribution in [2.45, 2.75) is 152 Å². The van der Waals surface area contributed by atoms with Crippen LogP contribution in [0, 0.1) is 5.92 Å². The molecule has 2 fully saturated rings. The molecule has 2 aliphatic heterocycles. The highest BCUT2D eigenvalue weighted by molar-refractivity contribution is 6.00. The van der Waals surface area contributed by atoms with Crippen LogP contribution in [0.5, 0.6) is 5.75 Å². The van der Waals surface area contributed by atoms with E-state index < -0.39 is 114 Å². The van der Waals surface area contributed by atoms with Gasteiger partial charge in [0.25, 0.3) is 0 Å². The smallest absolute Gasteiger partial charge is 0.245 e. The summed E-state index contributed by atoms with van der Waals surface area (Å²) in [5.41, 5.74) is 19.9. The summed E-state index contributed by atoms with van der Waals surface area (Å²) in [6.07, 6.45) is 6.36. The van der Waals surface area contributed by atoms with E-state index in [4.69, 9.17) is 17.2 Å². The van der Waals surface area contributed by atoms with Crippen molar-refractivity contribution in [2.24, 2.45) is 28.1 Å². The zero-order valence-corrected chi connectivity index (χ0v) is 53.7. The fraction of sp³-hybridized carbons (Fsp3) is 0.439. The Morgan fingerprint density at radius 3 is 1.83 bits per heavy atom. The summed E-state index contributed by atoms with van der Waals surface area (Å²) >= 11 is 0. The van der Waals surface area contributed by atoms with Crippen molar-refractivity contribution in [3.8, 4) is 5.75 Å². The summed E-state index contributed by atoms with van der Waals surface area (Å²) in [6.45, 7) is 2.90. The van der Waals surface area contributed by atoms with Crippen molar-refractivity contribution in [3.63, 3.8) is 0 Å². The zero-order valence-electron chi connectivity index (χ0n) is 53.7. The van der Waals surface area contributed by atoms with Gasteiger partial charge in [0.1, 0.15) is 54.1 Å². The lowest BCUT2D eigenvalue weighted by atomic mass is 9.98. The van der Waals surface area contributed by atoms with E-state index >= 15 is 9.59 Å². The summed E-state index contributed by atoms with van der Waals surface area (Å²) in [6, 6.07) is 8.11. The highest BCUT2D eigenvalue weighted by Gasteiger charge is 2.41. The average Bonchev–Trinajstić information content (AvgIpc) is 1.49. The first-order valence-corrected chi connectivity index (χ1v) is 32.0. The third kappa shape index (κ3) is 19.3. The number of benzene rings is 3. The number of hydrogen-bond acceptors (Lipinski definition) is 15. The number of primary amides is 1. The molecule has 3 aromatic heterocycles. The molecule has 5 heterocycles. The summed E-state index contributed by atoms with van der Waals surface area (Å²) in [4.78, 5) is 175. The maximum absolute atomic E-state index is 15.5. The molecule has 3 aromatic carbocycles. The van der Waals surface area contributed by atoms with Gasteiger partial charge in [0.2, 0.25) is 59.1 Å². The van der Waals surface area contributed by atoms with Gasteiger partial charge in [-0.15, -0.1) is 0 Å². The number of ketones is 1. The fourth-order valence-electron chi connectivity index (χ4n) is 12.0. The van der Waals surface area contributed by atoms with E-state index in [1.165, 1.54) is 53.6 Å². The van der Waals surface area contributed by atoms with Gasteiger partial charge in [-0.3, -0.25) is 57.7 Å². The molecule has 18 N–H and O–H groups in total. The minimum absolute atomic E-state index is 0.0150. The number of Topliss-reactive ketones (excluding diaryl/α,β-unsaturated/α-hetero) is 1. The number of aliphatic hydroxyl groups is 1. The summed E-state index contributed by atoms with van der Waals surface area (Å²) in [5.74, 6) is -8.42. The molecule has 30 nitrogen and oxygen atoms in total. The van der Waals surface area contributed by atoms with Gasteiger partial charge >= 0.3 is 0 Å². The van der Waals surface area contributed by atoms with Crippen LogP contribution in [0.3, 0.4) is 0 Å². The number of nitrogens with zero attached hydrogens (tertiary/aromatic N) is 4. The highest BCUT2D eigenvalue weighted by atomic mass is 16.3. The van der Waals surface area contributed by atoms with Gasteiger partial charge in [-0.1, -0.05) is 62.4 Å². The number of fused-ring (bicyclic) bond motifs is 2. The normalized spacial score (nSPS) is 16.6. The standard InChI is InChI=1S/C66H85N17O13/c1-36(2)26-54(63(94)76-47(14-8-24-71-66(68)69)65(96)83-25-9-15-53(83)55(86)21-22-56(67)87)82(3)64(95)51(29-39-32-73-45-13-7-5-11-43(39)45)80-59(90)48(27-37-16-18-41(85)19-17-37)77-62(93)52(34-84)81-60(91)49(28-38-31-72-44-12-6-4-10-42(38)44)78-61(92)50(30-40-33-70-35-74-40)79-58(89)46-20-23-57(88)75-46/h4-7,10-13,16-19,31-33,35-36,46-54,72-73,84-85H,8-9,14-15,20-30,34H2,1-3H3,(H2,67,87)(H,70,74)(H,75,88)(H,76,94)(H,77,93)(H,78,92)(H,79,89)(H,80,90)(H,81,91)(H4,68,69,71). The van der Waals surface area contributed by atoms with Gasteiger partial charge in [-0.25, -0.2) is 4.98 Å². The molecule has 9 atom stereocenters. The molecule has 96 heavy (non-hydrogen) atoms.